The van der Waals surface area contributed by atoms with Crippen molar-refractivity contribution in [3.63, 3.8) is 0 Å². The average Bonchev–Trinajstić information content (AvgIpc) is 3.08. The number of carbonyl (C=O) groups excluding carboxylic acids is 1. The Labute approximate surface area is 152 Å². The van der Waals surface area contributed by atoms with Gasteiger partial charge in [0.15, 0.2) is 0 Å². The van der Waals surface area contributed by atoms with Gasteiger partial charge in [-0.2, -0.15) is 0 Å². The lowest BCUT2D eigenvalue weighted by atomic mass is 9.80. The van der Waals surface area contributed by atoms with E-state index in [2.05, 4.69) is 58.0 Å². The molecule has 1 amide bonds. The zero-order valence-corrected chi connectivity index (χ0v) is 14.9. The maximum atomic E-state index is 12.8. The molecule has 1 aromatic heterocycles. The summed E-state index contributed by atoms with van der Waals surface area (Å²) in [6.45, 7) is 2.87. The van der Waals surface area contributed by atoms with E-state index < -0.39 is 0 Å². The number of hydrogen-bond acceptors (Lipinski definition) is 4. The van der Waals surface area contributed by atoms with Crippen molar-refractivity contribution in [2.75, 3.05) is 33.3 Å². The number of nitrogens with zero attached hydrogens (tertiary/aromatic N) is 1. The number of aromatic nitrogens is 1. The summed E-state index contributed by atoms with van der Waals surface area (Å²) in [5.74, 6) is -0.115. The maximum absolute atomic E-state index is 12.8. The van der Waals surface area contributed by atoms with Crippen LogP contribution in [0.15, 0.2) is 30.5 Å². The SMILES string of the molecule is CN1C[C@H](C(=O)NC2CNCCO2)C=C2c3cccc4[nH]cc(c34)C[C@H]21. The van der Waals surface area contributed by atoms with E-state index in [1.165, 1.54) is 27.6 Å². The topological polar surface area (TPSA) is 69.4 Å². The third kappa shape index (κ3) is 2.57. The minimum Gasteiger partial charge on any atom is -0.361 e. The Morgan fingerprint density at radius 1 is 1.38 bits per heavy atom. The van der Waals surface area contributed by atoms with E-state index in [-0.39, 0.29) is 18.1 Å². The minimum absolute atomic E-state index is 0.0449. The second kappa shape index (κ2) is 6.23. The van der Waals surface area contributed by atoms with Gasteiger partial charge in [0.2, 0.25) is 5.91 Å². The van der Waals surface area contributed by atoms with Crippen molar-refractivity contribution in [2.24, 2.45) is 5.92 Å². The molecular weight excluding hydrogens is 328 g/mol. The van der Waals surface area contributed by atoms with Crippen molar-refractivity contribution in [2.45, 2.75) is 18.7 Å². The number of likely N-dealkylation sites (N-methyl/N-ethyl adjacent to an activating group) is 1. The van der Waals surface area contributed by atoms with Crippen molar-refractivity contribution in [1.82, 2.24) is 20.5 Å². The number of aromatic amines is 1. The summed E-state index contributed by atoms with van der Waals surface area (Å²) in [5.41, 5.74) is 5.08. The van der Waals surface area contributed by atoms with E-state index >= 15 is 0 Å². The first kappa shape index (κ1) is 16.1. The van der Waals surface area contributed by atoms with Gasteiger partial charge in [-0.3, -0.25) is 9.69 Å². The molecule has 0 spiro atoms. The fraction of sp³-hybridized carbons (Fsp3) is 0.450. The van der Waals surface area contributed by atoms with E-state index in [0.29, 0.717) is 19.2 Å². The number of rotatable bonds is 2. The van der Waals surface area contributed by atoms with Crippen LogP contribution in [0.4, 0.5) is 0 Å². The number of amides is 1. The monoisotopic (exact) mass is 352 g/mol. The lowest BCUT2D eigenvalue weighted by Gasteiger charge is -2.39. The van der Waals surface area contributed by atoms with Gasteiger partial charge in [-0.1, -0.05) is 18.2 Å². The van der Waals surface area contributed by atoms with Crippen LogP contribution in [-0.4, -0.2) is 61.3 Å². The standard InChI is InChI=1S/C20H24N4O2/c1-24-11-13(20(25)23-18-10-21-5-6-26-18)7-15-14-3-2-4-16-19(14)12(9-22-16)8-17(15)24/h2-4,7,9,13,17-18,21-22H,5-6,8,10-11H2,1H3,(H,23,25)/t13-,17-,18?/m1/s1. The second-order valence-electron chi connectivity index (χ2n) is 7.50. The molecule has 2 aromatic rings. The quantitative estimate of drug-likeness (QED) is 0.757. The third-order valence-electron chi connectivity index (χ3n) is 5.84. The Kier molecular flexibility index (Phi) is 3.85. The average molecular weight is 352 g/mol. The second-order valence-corrected chi connectivity index (χ2v) is 7.50. The summed E-state index contributed by atoms with van der Waals surface area (Å²) in [6.07, 6.45) is 5.07. The van der Waals surface area contributed by atoms with Crippen LogP contribution in [0.25, 0.3) is 16.5 Å². The third-order valence-corrected chi connectivity index (χ3v) is 5.84. The molecule has 6 nitrogen and oxygen atoms in total. The summed E-state index contributed by atoms with van der Waals surface area (Å²) in [6, 6.07) is 6.72. The molecule has 3 heterocycles. The van der Waals surface area contributed by atoms with Gasteiger partial charge in [0.1, 0.15) is 6.23 Å². The largest absolute Gasteiger partial charge is 0.361 e. The van der Waals surface area contributed by atoms with Crippen molar-refractivity contribution < 1.29 is 9.53 Å². The minimum atomic E-state index is -0.233. The Balaban J connectivity index is 1.47. The molecule has 1 aromatic carbocycles. The molecule has 3 aliphatic rings. The molecule has 1 aliphatic carbocycles. The zero-order valence-electron chi connectivity index (χ0n) is 14.9. The van der Waals surface area contributed by atoms with Crippen LogP contribution in [0.5, 0.6) is 0 Å². The van der Waals surface area contributed by atoms with Crippen LogP contribution in [0.2, 0.25) is 0 Å². The molecule has 6 heteroatoms. The molecule has 0 bridgehead atoms. The lowest BCUT2D eigenvalue weighted by Crippen LogP contribution is -2.53. The maximum Gasteiger partial charge on any atom is 0.230 e. The van der Waals surface area contributed by atoms with Crippen LogP contribution in [-0.2, 0) is 16.0 Å². The van der Waals surface area contributed by atoms with Crippen molar-refractivity contribution in [3.05, 3.63) is 41.6 Å². The van der Waals surface area contributed by atoms with Crippen LogP contribution >= 0.6 is 0 Å². The summed E-state index contributed by atoms with van der Waals surface area (Å²) < 4.78 is 5.62. The highest BCUT2D eigenvalue weighted by molar-refractivity contribution is 5.99. The van der Waals surface area contributed by atoms with Gasteiger partial charge in [0.25, 0.3) is 0 Å². The molecule has 1 saturated heterocycles. The molecular formula is C20H24N4O2. The summed E-state index contributed by atoms with van der Waals surface area (Å²) in [7, 11) is 2.12. The van der Waals surface area contributed by atoms with Gasteiger partial charge in [-0.05, 0) is 36.2 Å². The number of fused-ring (bicyclic) bond motifs is 2. The highest BCUT2D eigenvalue weighted by atomic mass is 16.5. The first-order chi connectivity index (χ1) is 12.7. The Bertz CT molecular complexity index is 881. The number of carbonyl (C=O) groups is 1. The van der Waals surface area contributed by atoms with E-state index in [4.69, 9.17) is 4.74 Å². The van der Waals surface area contributed by atoms with Crippen molar-refractivity contribution in [3.8, 4) is 0 Å². The van der Waals surface area contributed by atoms with Crippen LogP contribution < -0.4 is 10.6 Å². The molecule has 3 atom stereocenters. The van der Waals surface area contributed by atoms with Crippen molar-refractivity contribution >= 4 is 22.4 Å². The predicted octanol–water partition coefficient (Wildman–Crippen LogP) is 1.10. The highest BCUT2D eigenvalue weighted by Crippen LogP contribution is 2.40. The van der Waals surface area contributed by atoms with E-state index in [1.807, 2.05) is 0 Å². The smallest absolute Gasteiger partial charge is 0.230 e. The highest BCUT2D eigenvalue weighted by Gasteiger charge is 2.36. The van der Waals surface area contributed by atoms with Gasteiger partial charge in [-0.15, -0.1) is 0 Å². The molecule has 3 N–H and O–H groups in total. The fourth-order valence-corrected chi connectivity index (χ4v) is 4.54. The molecule has 1 unspecified atom stereocenters. The zero-order chi connectivity index (χ0) is 17.7. The lowest BCUT2D eigenvalue weighted by molar-refractivity contribution is -0.129. The van der Waals surface area contributed by atoms with Crippen LogP contribution in [0.1, 0.15) is 11.1 Å². The van der Waals surface area contributed by atoms with E-state index in [1.54, 1.807) is 0 Å². The molecule has 136 valence electrons. The summed E-state index contributed by atoms with van der Waals surface area (Å²) in [4.78, 5) is 18.5. The number of morpholine rings is 1. The van der Waals surface area contributed by atoms with Gasteiger partial charge in [-0.25, -0.2) is 0 Å². The van der Waals surface area contributed by atoms with Crippen molar-refractivity contribution in [1.29, 1.82) is 0 Å². The summed E-state index contributed by atoms with van der Waals surface area (Å²) >= 11 is 0. The van der Waals surface area contributed by atoms with Crippen LogP contribution in [0.3, 0.4) is 0 Å². The molecule has 0 saturated carbocycles. The predicted molar refractivity (Wildman–Crippen MR) is 101 cm³/mol. The number of H-pyrrole nitrogens is 1. The first-order valence-electron chi connectivity index (χ1n) is 9.34. The van der Waals surface area contributed by atoms with E-state index in [9.17, 15) is 4.79 Å². The number of nitrogens with one attached hydrogen (secondary N) is 3. The number of hydrogen-bond donors (Lipinski definition) is 3. The molecule has 2 aliphatic heterocycles. The normalized spacial score (nSPS) is 28.5. The summed E-state index contributed by atoms with van der Waals surface area (Å²) in [5, 5.41) is 7.60. The molecule has 26 heavy (non-hydrogen) atoms. The van der Waals surface area contributed by atoms with Gasteiger partial charge in [0.05, 0.1) is 12.5 Å². The number of benzene rings is 1. The van der Waals surface area contributed by atoms with Gasteiger partial charge < -0.3 is 20.4 Å². The van der Waals surface area contributed by atoms with E-state index in [0.717, 1.165) is 19.5 Å². The molecule has 1 fully saturated rings. The van der Waals surface area contributed by atoms with Gasteiger partial charge >= 0.3 is 0 Å². The first-order valence-corrected chi connectivity index (χ1v) is 9.34. The Hall–Kier alpha value is -2.15. The number of ether oxygens (including phenoxy) is 1. The molecule has 0 radical (unpaired) electrons. The fourth-order valence-electron chi connectivity index (χ4n) is 4.54. The Morgan fingerprint density at radius 3 is 3.15 bits per heavy atom. The van der Waals surface area contributed by atoms with Crippen LogP contribution in [0, 0.1) is 5.92 Å². The van der Waals surface area contributed by atoms with Gasteiger partial charge in [0, 0.05) is 42.8 Å². The Morgan fingerprint density at radius 2 is 2.31 bits per heavy atom. The molecule has 5 rings (SSSR count).